The second-order valence-corrected chi connectivity index (χ2v) is 3.84. The highest BCUT2D eigenvalue weighted by Crippen LogP contribution is 2.05. The van der Waals surface area contributed by atoms with Crippen LogP contribution in [0.3, 0.4) is 0 Å². The van der Waals surface area contributed by atoms with Crippen molar-refractivity contribution in [3.05, 3.63) is 35.6 Å². The van der Waals surface area contributed by atoms with E-state index in [0.29, 0.717) is 6.04 Å². The predicted octanol–water partition coefficient (Wildman–Crippen LogP) is 2.76. The van der Waals surface area contributed by atoms with E-state index in [-0.39, 0.29) is 5.82 Å². The largest absolute Gasteiger partial charge is 0.315 e. The summed E-state index contributed by atoms with van der Waals surface area (Å²) in [5.41, 5.74) is 1.08. The lowest BCUT2D eigenvalue weighted by molar-refractivity contribution is 0.569. The Hall–Kier alpha value is -0.890. The number of nitrogens with one attached hydrogen (secondary N) is 1. The van der Waals surface area contributed by atoms with Gasteiger partial charge in [0, 0.05) is 6.04 Å². The Kier molecular flexibility index (Phi) is 4.60. The van der Waals surface area contributed by atoms with E-state index in [1.807, 2.05) is 6.07 Å². The first-order valence-corrected chi connectivity index (χ1v) is 5.16. The monoisotopic (exact) mass is 195 g/mol. The minimum Gasteiger partial charge on any atom is -0.315 e. The summed E-state index contributed by atoms with van der Waals surface area (Å²) in [6.45, 7) is 5.25. The summed E-state index contributed by atoms with van der Waals surface area (Å²) in [7, 11) is 0. The van der Waals surface area contributed by atoms with Crippen LogP contribution in [0, 0.1) is 5.82 Å². The molecule has 0 aliphatic carbocycles. The molecule has 0 aliphatic heterocycles. The molecule has 1 aromatic rings. The van der Waals surface area contributed by atoms with Crippen LogP contribution in [0.2, 0.25) is 0 Å². The molecular formula is C12H18FN. The summed E-state index contributed by atoms with van der Waals surface area (Å²) in [5.74, 6) is -0.140. The van der Waals surface area contributed by atoms with Gasteiger partial charge in [-0.25, -0.2) is 4.39 Å². The van der Waals surface area contributed by atoms with Gasteiger partial charge in [0.25, 0.3) is 0 Å². The van der Waals surface area contributed by atoms with E-state index in [2.05, 4.69) is 19.2 Å². The Morgan fingerprint density at radius 2 is 2.14 bits per heavy atom. The molecule has 0 fully saturated rings. The molecule has 0 bridgehead atoms. The van der Waals surface area contributed by atoms with Crippen LogP contribution in [0.25, 0.3) is 0 Å². The summed E-state index contributed by atoms with van der Waals surface area (Å²) in [4.78, 5) is 0. The predicted molar refractivity (Wildman–Crippen MR) is 57.9 cm³/mol. The van der Waals surface area contributed by atoms with Gasteiger partial charge in [0.1, 0.15) is 5.82 Å². The molecule has 14 heavy (non-hydrogen) atoms. The Bertz CT molecular complexity index is 271. The smallest absolute Gasteiger partial charge is 0.123 e. The third kappa shape index (κ3) is 4.38. The zero-order chi connectivity index (χ0) is 10.4. The molecular weight excluding hydrogens is 177 g/mol. The molecule has 1 N–H and O–H groups in total. The van der Waals surface area contributed by atoms with E-state index < -0.39 is 0 Å². The van der Waals surface area contributed by atoms with Gasteiger partial charge in [-0.05, 0) is 37.1 Å². The van der Waals surface area contributed by atoms with Crippen LogP contribution in [0.5, 0.6) is 0 Å². The lowest BCUT2D eigenvalue weighted by Crippen LogP contribution is -2.23. The van der Waals surface area contributed by atoms with Crippen molar-refractivity contribution in [3.8, 4) is 0 Å². The Morgan fingerprint density at radius 1 is 1.36 bits per heavy atom. The quantitative estimate of drug-likeness (QED) is 0.712. The lowest BCUT2D eigenvalue weighted by atomic mass is 10.1. The molecule has 0 aliphatic rings. The molecule has 0 amide bonds. The summed E-state index contributed by atoms with van der Waals surface area (Å²) in [5, 5.41) is 3.34. The summed E-state index contributed by atoms with van der Waals surface area (Å²) in [6.07, 6.45) is 2.00. The third-order valence-corrected chi connectivity index (χ3v) is 2.08. The first-order chi connectivity index (χ1) is 6.68. The van der Waals surface area contributed by atoms with Crippen molar-refractivity contribution in [3.63, 3.8) is 0 Å². The molecule has 0 saturated carbocycles. The maximum Gasteiger partial charge on any atom is 0.123 e. The fourth-order valence-electron chi connectivity index (χ4n) is 1.38. The minimum absolute atomic E-state index is 0.140. The van der Waals surface area contributed by atoms with Crippen molar-refractivity contribution in [2.75, 3.05) is 6.54 Å². The van der Waals surface area contributed by atoms with Gasteiger partial charge in [0.2, 0.25) is 0 Å². The van der Waals surface area contributed by atoms with Gasteiger partial charge in [0.15, 0.2) is 0 Å². The molecule has 78 valence electrons. The van der Waals surface area contributed by atoms with Crippen molar-refractivity contribution in [1.82, 2.24) is 5.32 Å². The van der Waals surface area contributed by atoms with Gasteiger partial charge in [-0.15, -0.1) is 0 Å². The maximum atomic E-state index is 12.8. The fraction of sp³-hybridized carbons (Fsp3) is 0.500. The van der Waals surface area contributed by atoms with Crippen molar-refractivity contribution >= 4 is 0 Å². The van der Waals surface area contributed by atoms with Crippen LogP contribution in [-0.2, 0) is 6.42 Å². The standard InChI is InChI=1S/C12H18FN/c1-10(2)14-8-4-6-11-5-3-7-12(13)9-11/h3,5,7,9-10,14H,4,6,8H2,1-2H3. The van der Waals surface area contributed by atoms with Gasteiger partial charge in [0.05, 0.1) is 0 Å². The summed E-state index contributed by atoms with van der Waals surface area (Å²) < 4.78 is 12.8. The summed E-state index contributed by atoms with van der Waals surface area (Å²) in [6, 6.07) is 7.35. The second-order valence-electron chi connectivity index (χ2n) is 3.84. The van der Waals surface area contributed by atoms with Crippen LogP contribution in [0.15, 0.2) is 24.3 Å². The number of benzene rings is 1. The van der Waals surface area contributed by atoms with Gasteiger partial charge < -0.3 is 5.32 Å². The van der Waals surface area contributed by atoms with Crippen molar-refractivity contribution in [1.29, 1.82) is 0 Å². The Labute approximate surface area is 85.3 Å². The normalized spacial score (nSPS) is 10.9. The van der Waals surface area contributed by atoms with E-state index >= 15 is 0 Å². The molecule has 1 nitrogen and oxygen atoms in total. The molecule has 0 unspecified atom stereocenters. The summed E-state index contributed by atoms with van der Waals surface area (Å²) >= 11 is 0. The topological polar surface area (TPSA) is 12.0 Å². The van der Waals surface area contributed by atoms with Gasteiger partial charge in [-0.2, -0.15) is 0 Å². The highest BCUT2D eigenvalue weighted by molar-refractivity contribution is 5.16. The van der Waals surface area contributed by atoms with E-state index in [0.717, 1.165) is 24.9 Å². The van der Waals surface area contributed by atoms with E-state index in [9.17, 15) is 4.39 Å². The van der Waals surface area contributed by atoms with Crippen LogP contribution >= 0.6 is 0 Å². The molecule has 0 saturated heterocycles. The Balaban J connectivity index is 2.25. The third-order valence-electron chi connectivity index (χ3n) is 2.08. The van der Waals surface area contributed by atoms with Gasteiger partial charge >= 0.3 is 0 Å². The van der Waals surface area contributed by atoms with Crippen molar-refractivity contribution in [2.45, 2.75) is 32.7 Å². The average molecular weight is 195 g/mol. The highest BCUT2D eigenvalue weighted by atomic mass is 19.1. The van der Waals surface area contributed by atoms with Crippen LogP contribution in [-0.4, -0.2) is 12.6 Å². The van der Waals surface area contributed by atoms with Crippen LogP contribution < -0.4 is 5.32 Å². The molecule has 0 aromatic heterocycles. The van der Waals surface area contributed by atoms with Gasteiger partial charge in [-0.3, -0.25) is 0 Å². The maximum absolute atomic E-state index is 12.8. The molecule has 1 aromatic carbocycles. The Morgan fingerprint density at radius 3 is 2.79 bits per heavy atom. The second kappa shape index (κ2) is 5.76. The lowest BCUT2D eigenvalue weighted by Gasteiger charge is -2.07. The zero-order valence-corrected chi connectivity index (χ0v) is 8.89. The van der Waals surface area contributed by atoms with Crippen LogP contribution in [0.4, 0.5) is 4.39 Å². The van der Waals surface area contributed by atoms with Gasteiger partial charge in [-0.1, -0.05) is 26.0 Å². The fourth-order valence-corrected chi connectivity index (χ4v) is 1.38. The molecule has 2 heteroatoms. The molecule has 0 heterocycles. The van der Waals surface area contributed by atoms with E-state index in [4.69, 9.17) is 0 Å². The number of aryl methyl sites for hydroxylation is 1. The number of hydrogen-bond acceptors (Lipinski definition) is 1. The number of rotatable bonds is 5. The van der Waals surface area contributed by atoms with Crippen molar-refractivity contribution in [2.24, 2.45) is 0 Å². The van der Waals surface area contributed by atoms with E-state index in [1.165, 1.54) is 6.07 Å². The highest BCUT2D eigenvalue weighted by Gasteiger charge is 1.96. The molecule has 1 rings (SSSR count). The molecule has 0 radical (unpaired) electrons. The molecule has 0 spiro atoms. The SMILES string of the molecule is CC(C)NCCCc1cccc(F)c1. The number of hydrogen-bond donors (Lipinski definition) is 1. The average Bonchev–Trinajstić information content (AvgIpc) is 2.12. The first-order valence-electron chi connectivity index (χ1n) is 5.16. The number of halogens is 1. The first kappa shape index (κ1) is 11.2. The zero-order valence-electron chi connectivity index (χ0n) is 8.89. The van der Waals surface area contributed by atoms with Crippen LogP contribution in [0.1, 0.15) is 25.8 Å². The minimum atomic E-state index is -0.140. The van der Waals surface area contributed by atoms with E-state index in [1.54, 1.807) is 12.1 Å². The van der Waals surface area contributed by atoms with Crippen molar-refractivity contribution < 1.29 is 4.39 Å². The molecule has 0 atom stereocenters.